The fraction of sp³-hybridized carbons (Fsp3) is 0.500. The van der Waals surface area contributed by atoms with Crippen LogP contribution >= 0.6 is 0 Å². The summed E-state index contributed by atoms with van der Waals surface area (Å²) in [5.74, 6) is 1.72. The number of ether oxygens (including phenoxy) is 2. The lowest BCUT2D eigenvalue weighted by atomic mass is 10.1. The van der Waals surface area contributed by atoms with Crippen LogP contribution in [0.15, 0.2) is 18.2 Å². The number of nitrogens with one attached hydrogen (secondary N) is 1. The molecule has 0 aliphatic carbocycles. The highest BCUT2D eigenvalue weighted by atomic mass is 16.7. The average molecular weight is 262 g/mol. The summed E-state index contributed by atoms with van der Waals surface area (Å²) in [7, 11) is 0. The second-order valence-corrected chi connectivity index (χ2v) is 4.89. The van der Waals surface area contributed by atoms with E-state index in [1.54, 1.807) is 0 Å². The Morgan fingerprint density at radius 1 is 1.21 bits per heavy atom. The summed E-state index contributed by atoms with van der Waals surface area (Å²) < 4.78 is 10.7. The van der Waals surface area contributed by atoms with E-state index in [0.717, 1.165) is 43.0 Å². The lowest BCUT2D eigenvalue weighted by Gasteiger charge is -2.25. The Balaban J connectivity index is 1.70. The summed E-state index contributed by atoms with van der Waals surface area (Å²) in [6.45, 7) is 3.12. The van der Waals surface area contributed by atoms with Crippen molar-refractivity contribution in [3.8, 4) is 11.5 Å². The van der Waals surface area contributed by atoms with Crippen LogP contribution in [0.4, 0.5) is 0 Å². The minimum absolute atomic E-state index is 0.164. The number of hydrogen-bond acceptors (Lipinski definition) is 4. The minimum Gasteiger partial charge on any atom is -0.454 e. The molecule has 0 saturated carbocycles. The van der Waals surface area contributed by atoms with E-state index in [1.165, 1.54) is 0 Å². The number of carbonyl (C=O) groups is 1. The Morgan fingerprint density at radius 2 is 2.11 bits per heavy atom. The van der Waals surface area contributed by atoms with Crippen molar-refractivity contribution in [2.24, 2.45) is 0 Å². The fourth-order valence-electron chi connectivity index (χ4n) is 2.41. The van der Waals surface area contributed by atoms with Crippen molar-refractivity contribution in [3.63, 3.8) is 0 Å². The molecule has 1 aromatic rings. The second kappa shape index (κ2) is 5.48. The first-order chi connectivity index (χ1) is 9.33. The maximum atomic E-state index is 12.0. The summed E-state index contributed by atoms with van der Waals surface area (Å²) in [4.78, 5) is 13.9. The van der Waals surface area contributed by atoms with E-state index < -0.39 is 0 Å². The molecule has 2 aliphatic rings. The van der Waals surface area contributed by atoms with Crippen molar-refractivity contribution in [1.29, 1.82) is 0 Å². The van der Waals surface area contributed by atoms with Crippen molar-refractivity contribution in [3.05, 3.63) is 23.8 Å². The Bertz CT molecular complexity index is 476. The van der Waals surface area contributed by atoms with Crippen molar-refractivity contribution in [2.45, 2.75) is 19.4 Å². The molecule has 102 valence electrons. The van der Waals surface area contributed by atoms with Crippen LogP contribution in [0.5, 0.6) is 11.5 Å². The molecule has 1 aromatic carbocycles. The van der Waals surface area contributed by atoms with Crippen molar-refractivity contribution in [2.75, 3.05) is 26.4 Å². The van der Waals surface area contributed by atoms with Gasteiger partial charge >= 0.3 is 0 Å². The molecule has 5 heteroatoms. The molecule has 3 rings (SSSR count). The van der Waals surface area contributed by atoms with Crippen LogP contribution in [0.2, 0.25) is 0 Å². The van der Waals surface area contributed by atoms with E-state index in [4.69, 9.17) is 9.47 Å². The molecule has 2 heterocycles. The topological polar surface area (TPSA) is 50.8 Å². The Hall–Kier alpha value is -1.75. The maximum absolute atomic E-state index is 12.0. The van der Waals surface area contributed by atoms with Gasteiger partial charge in [-0.2, -0.15) is 0 Å². The molecule has 0 atom stereocenters. The van der Waals surface area contributed by atoms with Gasteiger partial charge in [0.2, 0.25) is 12.7 Å². The summed E-state index contributed by atoms with van der Waals surface area (Å²) in [5, 5.41) is 3.16. The standard InChI is InChI=1S/C14H18N2O3/c17-14-8-15-5-1-2-6-16(14)9-11-3-4-12-13(7-11)19-10-18-12/h3-4,7,15H,1-2,5-6,8-10H2. The van der Waals surface area contributed by atoms with Crippen LogP contribution in [-0.4, -0.2) is 37.2 Å². The number of benzene rings is 1. The van der Waals surface area contributed by atoms with Gasteiger partial charge in [-0.3, -0.25) is 4.79 Å². The lowest BCUT2D eigenvalue weighted by molar-refractivity contribution is -0.131. The van der Waals surface area contributed by atoms with E-state index in [2.05, 4.69) is 5.32 Å². The summed E-state index contributed by atoms with van der Waals surface area (Å²) in [6.07, 6.45) is 2.16. The third-order valence-corrected chi connectivity index (χ3v) is 3.47. The molecule has 1 N–H and O–H groups in total. The highest BCUT2D eigenvalue weighted by Crippen LogP contribution is 2.32. The van der Waals surface area contributed by atoms with Crippen molar-refractivity contribution < 1.29 is 14.3 Å². The summed E-state index contributed by atoms with van der Waals surface area (Å²) in [6, 6.07) is 5.86. The molecule has 0 radical (unpaired) electrons. The van der Waals surface area contributed by atoms with Gasteiger partial charge in [-0.05, 0) is 37.1 Å². The van der Waals surface area contributed by atoms with Crippen LogP contribution in [0, 0.1) is 0 Å². The maximum Gasteiger partial charge on any atom is 0.236 e. The number of fused-ring (bicyclic) bond motifs is 1. The fourth-order valence-corrected chi connectivity index (χ4v) is 2.41. The zero-order valence-corrected chi connectivity index (χ0v) is 10.9. The number of nitrogens with zero attached hydrogens (tertiary/aromatic N) is 1. The van der Waals surface area contributed by atoms with Gasteiger partial charge in [-0.1, -0.05) is 6.07 Å². The van der Waals surface area contributed by atoms with E-state index >= 15 is 0 Å². The molecule has 0 bridgehead atoms. The molecule has 5 nitrogen and oxygen atoms in total. The predicted octanol–water partition coefficient (Wildman–Crippen LogP) is 1.13. The highest BCUT2D eigenvalue weighted by molar-refractivity contribution is 5.78. The molecule has 0 spiro atoms. The molecular formula is C14H18N2O3. The second-order valence-electron chi connectivity index (χ2n) is 4.89. The van der Waals surface area contributed by atoms with Gasteiger partial charge in [0.25, 0.3) is 0 Å². The molecule has 1 saturated heterocycles. The van der Waals surface area contributed by atoms with Crippen LogP contribution in [0.25, 0.3) is 0 Å². The number of rotatable bonds is 2. The third-order valence-electron chi connectivity index (χ3n) is 3.47. The molecule has 1 fully saturated rings. The highest BCUT2D eigenvalue weighted by Gasteiger charge is 2.18. The number of carbonyl (C=O) groups excluding carboxylic acids is 1. The van der Waals surface area contributed by atoms with Gasteiger partial charge < -0.3 is 19.7 Å². The normalized spacial score (nSPS) is 19.2. The first kappa shape index (κ1) is 12.3. The Morgan fingerprint density at radius 3 is 3.05 bits per heavy atom. The van der Waals surface area contributed by atoms with Crippen LogP contribution in [0.1, 0.15) is 18.4 Å². The van der Waals surface area contributed by atoms with Gasteiger partial charge in [0.15, 0.2) is 11.5 Å². The zero-order chi connectivity index (χ0) is 13.1. The van der Waals surface area contributed by atoms with Crippen LogP contribution in [-0.2, 0) is 11.3 Å². The zero-order valence-electron chi connectivity index (χ0n) is 10.9. The van der Waals surface area contributed by atoms with Gasteiger partial charge in [0, 0.05) is 13.1 Å². The molecule has 0 aromatic heterocycles. The largest absolute Gasteiger partial charge is 0.454 e. The van der Waals surface area contributed by atoms with E-state index in [1.807, 2.05) is 23.1 Å². The monoisotopic (exact) mass is 262 g/mol. The molecule has 1 amide bonds. The quantitative estimate of drug-likeness (QED) is 0.868. The number of amides is 1. The Labute approximate surface area is 112 Å². The third kappa shape index (κ3) is 2.81. The predicted molar refractivity (Wildman–Crippen MR) is 70.1 cm³/mol. The molecule has 2 aliphatic heterocycles. The van der Waals surface area contributed by atoms with Gasteiger partial charge in [-0.15, -0.1) is 0 Å². The van der Waals surface area contributed by atoms with Crippen molar-refractivity contribution >= 4 is 5.91 Å². The van der Waals surface area contributed by atoms with Gasteiger partial charge in [-0.25, -0.2) is 0 Å². The van der Waals surface area contributed by atoms with Gasteiger partial charge in [0.1, 0.15) is 0 Å². The van der Waals surface area contributed by atoms with E-state index in [9.17, 15) is 4.79 Å². The molecule has 19 heavy (non-hydrogen) atoms. The Kier molecular flexibility index (Phi) is 3.55. The SMILES string of the molecule is O=C1CNCCCCN1Cc1ccc2c(c1)OCO2. The van der Waals surface area contributed by atoms with Crippen LogP contribution in [0.3, 0.4) is 0 Å². The lowest BCUT2D eigenvalue weighted by Crippen LogP contribution is -2.40. The van der Waals surface area contributed by atoms with Crippen molar-refractivity contribution in [1.82, 2.24) is 10.2 Å². The summed E-state index contributed by atoms with van der Waals surface area (Å²) >= 11 is 0. The minimum atomic E-state index is 0.164. The van der Waals surface area contributed by atoms with E-state index in [0.29, 0.717) is 13.1 Å². The first-order valence-electron chi connectivity index (χ1n) is 6.70. The molecular weight excluding hydrogens is 244 g/mol. The van der Waals surface area contributed by atoms with Crippen LogP contribution < -0.4 is 14.8 Å². The smallest absolute Gasteiger partial charge is 0.236 e. The average Bonchev–Trinajstić information content (AvgIpc) is 2.86. The first-order valence-corrected chi connectivity index (χ1v) is 6.70. The van der Waals surface area contributed by atoms with Gasteiger partial charge in [0.05, 0.1) is 6.54 Å². The summed E-state index contributed by atoms with van der Waals surface area (Å²) in [5.41, 5.74) is 1.08. The molecule has 0 unspecified atom stereocenters. The van der Waals surface area contributed by atoms with E-state index in [-0.39, 0.29) is 12.7 Å². The number of hydrogen-bond donors (Lipinski definition) is 1.